The quantitative estimate of drug-likeness (QED) is 0.838. The molecule has 2 rings (SSSR count). The van der Waals surface area contributed by atoms with Crippen molar-refractivity contribution in [2.75, 3.05) is 25.2 Å². The van der Waals surface area contributed by atoms with Crippen molar-refractivity contribution in [1.29, 1.82) is 0 Å². The number of benzene rings is 1. The average molecular weight is 265 g/mol. The molecule has 0 saturated carbocycles. The minimum absolute atomic E-state index is 0.0575. The number of carbonyl (C=O) groups is 2. The summed E-state index contributed by atoms with van der Waals surface area (Å²) in [6.45, 7) is 0.333. The van der Waals surface area contributed by atoms with E-state index in [0.717, 1.165) is 0 Å². The van der Waals surface area contributed by atoms with Crippen molar-refractivity contribution in [2.24, 2.45) is 5.92 Å². The van der Waals surface area contributed by atoms with Gasteiger partial charge in [0.15, 0.2) is 0 Å². The van der Waals surface area contributed by atoms with E-state index in [0.29, 0.717) is 18.0 Å². The highest BCUT2D eigenvalue weighted by atomic mass is 16.5. The van der Waals surface area contributed by atoms with Crippen molar-refractivity contribution < 1.29 is 24.5 Å². The van der Waals surface area contributed by atoms with Crippen LogP contribution in [0.15, 0.2) is 18.2 Å². The number of hydrogen-bond donors (Lipinski definition) is 2. The maximum atomic E-state index is 11.9. The van der Waals surface area contributed by atoms with Crippen LogP contribution in [0.2, 0.25) is 0 Å². The highest BCUT2D eigenvalue weighted by Crippen LogP contribution is 2.29. The van der Waals surface area contributed by atoms with Crippen LogP contribution in [0.5, 0.6) is 5.75 Å². The summed E-state index contributed by atoms with van der Waals surface area (Å²) in [5.74, 6) is -0.920. The van der Waals surface area contributed by atoms with Gasteiger partial charge in [-0.25, -0.2) is 4.79 Å². The molecular weight excluding hydrogens is 250 g/mol. The first kappa shape index (κ1) is 13.4. The minimum Gasteiger partial charge on any atom is -0.497 e. The molecule has 0 aromatic heterocycles. The van der Waals surface area contributed by atoms with Gasteiger partial charge in [-0.2, -0.15) is 0 Å². The third-order valence-corrected chi connectivity index (χ3v) is 3.15. The number of rotatable bonds is 4. The summed E-state index contributed by atoms with van der Waals surface area (Å²) in [5.41, 5.74) is 0.548. The molecule has 1 fully saturated rings. The molecule has 1 amide bonds. The SMILES string of the molecule is COc1cc(C(=O)O)cc(N2CC(CO)CC2=O)c1. The van der Waals surface area contributed by atoms with Crippen molar-refractivity contribution in [3.05, 3.63) is 23.8 Å². The van der Waals surface area contributed by atoms with E-state index >= 15 is 0 Å². The lowest BCUT2D eigenvalue weighted by Crippen LogP contribution is -2.25. The molecule has 0 bridgehead atoms. The van der Waals surface area contributed by atoms with Gasteiger partial charge in [-0.05, 0) is 12.1 Å². The Bertz CT molecular complexity index is 514. The molecule has 1 unspecified atom stereocenters. The van der Waals surface area contributed by atoms with Crippen LogP contribution in [-0.2, 0) is 4.79 Å². The molecule has 1 aliphatic rings. The number of anilines is 1. The van der Waals surface area contributed by atoms with Crippen molar-refractivity contribution >= 4 is 17.6 Å². The van der Waals surface area contributed by atoms with E-state index in [1.54, 1.807) is 6.07 Å². The molecule has 1 aromatic carbocycles. The van der Waals surface area contributed by atoms with E-state index in [1.807, 2.05) is 0 Å². The molecule has 1 saturated heterocycles. The smallest absolute Gasteiger partial charge is 0.335 e. The predicted octanol–water partition coefficient (Wildman–Crippen LogP) is 0.739. The number of aliphatic hydroxyl groups is 1. The van der Waals surface area contributed by atoms with Crippen LogP contribution in [0.3, 0.4) is 0 Å². The second kappa shape index (κ2) is 5.27. The van der Waals surface area contributed by atoms with Crippen LogP contribution < -0.4 is 9.64 Å². The van der Waals surface area contributed by atoms with Gasteiger partial charge in [-0.1, -0.05) is 0 Å². The second-order valence-corrected chi connectivity index (χ2v) is 4.48. The number of amides is 1. The molecule has 102 valence electrons. The van der Waals surface area contributed by atoms with Crippen molar-refractivity contribution in [3.63, 3.8) is 0 Å². The zero-order valence-electron chi connectivity index (χ0n) is 10.5. The van der Waals surface area contributed by atoms with Crippen LogP contribution in [0.4, 0.5) is 5.69 Å². The number of aromatic carboxylic acids is 1. The van der Waals surface area contributed by atoms with Gasteiger partial charge in [-0.3, -0.25) is 4.79 Å². The lowest BCUT2D eigenvalue weighted by molar-refractivity contribution is -0.117. The van der Waals surface area contributed by atoms with Gasteiger partial charge >= 0.3 is 5.97 Å². The molecule has 19 heavy (non-hydrogen) atoms. The fraction of sp³-hybridized carbons (Fsp3) is 0.385. The first-order valence-electron chi connectivity index (χ1n) is 5.88. The van der Waals surface area contributed by atoms with E-state index in [1.165, 1.54) is 24.1 Å². The van der Waals surface area contributed by atoms with E-state index in [2.05, 4.69) is 0 Å². The summed E-state index contributed by atoms with van der Waals surface area (Å²) in [4.78, 5) is 24.4. The molecule has 1 heterocycles. The second-order valence-electron chi connectivity index (χ2n) is 4.48. The molecule has 1 aliphatic heterocycles. The summed E-state index contributed by atoms with van der Waals surface area (Å²) < 4.78 is 5.04. The van der Waals surface area contributed by atoms with Crippen LogP contribution >= 0.6 is 0 Å². The zero-order valence-corrected chi connectivity index (χ0v) is 10.5. The topological polar surface area (TPSA) is 87.1 Å². The third kappa shape index (κ3) is 2.68. The molecule has 0 radical (unpaired) electrons. The maximum absolute atomic E-state index is 11.9. The maximum Gasteiger partial charge on any atom is 0.335 e. The van der Waals surface area contributed by atoms with Gasteiger partial charge in [-0.15, -0.1) is 0 Å². The molecule has 0 spiro atoms. The summed E-state index contributed by atoms with van der Waals surface area (Å²) in [5, 5.41) is 18.1. The highest BCUT2D eigenvalue weighted by Gasteiger charge is 2.30. The Hall–Kier alpha value is -2.08. The van der Waals surface area contributed by atoms with E-state index < -0.39 is 5.97 Å². The molecule has 1 aromatic rings. The number of nitrogens with zero attached hydrogens (tertiary/aromatic N) is 1. The number of carbonyl (C=O) groups excluding carboxylic acids is 1. The molecule has 1 atom stereocenters. The molecule has 0 aliphatic carbocycles. The number of methoxy groups -OCH3 is 1. The van der Waals surface area contributed by atoms with Crippen LogP contribution in [0.1, 0.15) is 16.8 Å². The third-order valence-electron chi connectivity index (χ3n) is 3.15. The van der Waals surface area contributed by atoms with Gasteiger partial charge < -0.3 is 19.8 Å². The summed E-state index contributed by atoms with van der Waals surface area (Å²) in [6, 6.07) is 4.45. The Morgan fingerprint density at radius 2 is 2.21 bits per heavy atom. The lowest BCUT2D eigenvalue weighted by atomic mass is 10.1. The molecular formula is C13H15NO5. The minimum atomic E-state index is -1.08. The van der Waals surface area contributed by atoms with Crippen molar-refractivity contribution in [2.45, 2.75) is 6.42 Å². The zero-order chi connectivity index (χ0) is 14.0. The van der Waals surface area contributed by atoms with Crippen molar-refractivity contribution in [1.82, 2.24) is 0 Å². The molecule has 6 nitrogen and oxygen atoms in total. The first-order chi connectivity index (χ1) is 9.05. The number of ether oxygens (including phenoxy) is 1. The number of aliphatic hydroxyl groups excluding tert-OH is 1. The number of carboxylic acids is 1. The fourth-order valence-corrected chi connectivity index (χ4v) is 2.13. The summed E-state index contributed by atoms with van der Waals surface area (Å²) >= 11 is 0. The Morgan fingerprint density at radius 3 is 2.74 bits per heavy atom. The summed E-state index contributed by atoms with van der Waals surface area (Å²) in [6.07, 6.45) is 0.274. The number of hydrogen-bond acceptors (Lipinski definition) is 4. The Balaban J connectivity index is 2.36. The fourth-order valence-electron chi connectivity index (χ4n) is 2.13. The molecule has 6 heteroatoms. The van der Waals surface area contributed by atoms with Gasteiger partial charge in [0.2, 0.25) is 5.91 Å². The van der Waals surface area contributed by atoms with Crippen LogP contribution in [0.25, 0.3) is 0 Å². The largest absolute Gasteiger partial charge is 0.497 e. The normalized spacial score (nSPS) is 18.7. The predicted molar refractivity (Wildman–Crippen MR) is 67.5 cm³/mol. The monoisotopic (exact) mass is 265 g/mol. The van der Waals surface area contributed by atoms with Crippen molar-refractivity contribution in [3.8, 4) is 5.75 Å². The average Bonchev–Trinajstić information content (AvgIpc) is 2.79. The standard InChI is InChI=1S/C13H15NO5/c1-19-11-4-9(13(17)18)3-10(5-11)14-6-8(7-15)2-12(14)16/h3-5,8,15H,2,6-7H2,1H3,(H,17,18). The number of carboxylic acid groups (broad SMARTS) is 1. The van der Waals surface area contributed by atoms with Crippen LogP contribution in [0, 0.1) is 5.92 Å². The molecule has 2 N–H and O–H groups in total. The van der Waals surface area contributed by atoms with Gasteiger partial charge in [0.25, 0.3) is 0 Å². The van der Waals surface area contributed by atoms with Gasteiger partial charge in [0.05, 0.1) is 12.7 Å². The van der Waals surface area contributed by atoms with Gasteiger partial charge in [0, 0.05) is 37.2 Å². The lowest BCUT2D eigenvalue weighted by Gasteiger charge is -2.18. The Labute approximate surface area is 110 Å². The Morgan fingerprint density at radius 1 is 1.47 bits per heavy atom. The van der Waals surface area contributed by atoms with Crippen LogP contribution in [-0.4, -0.2) is 42.4 Å². The van der Waals surface area contributed by atoms with E-state index in [-0.39, 0.29) is 30.4 Å². The first-order valence-corrected chi connectivity index (χ1v) is 5.88. The van der Waals surface area contributed by atoms with E-state index in [9.17, 15) is 9.59 Å². The summed E-state index contributed by atoms with van der Waals surface area (Å²) in [7, 11) is 1.44. The van der Waals surface area contributed by atoms with E-state index in [4.69, 9.17) is 14.9 Å². The highest BCUT2D eigenvalue weighted by molar-refractivity contribution is 5.98. The van der Waals surface area contributed by atoms with Gasteiger partial charge in [0.1, 0.15) is 5.75 Å². The Kier molecular flexibility index (Phi) is 3.71.